The summed E-state index contributed by atoms with van der Waals surface area (Å²) < 4.78 is 39.7. The summed E-state index contributed by atoms with van der Waals surface area (Å²) in [5.41, 5.74) is 3.80. The summed E-state index contributed by atoms with van der Waals surface area (Å²) >= 11 is 0. The Morgan fingerprint density at radius 2 is 1.94 bits per heavy atom. The van der Waals surface area contributed by atoms with Gasteiger partial charge < -0.3 is 9.47 Å². The van der Waals surface area contributed by atoms with E-state index in [1.54, 1.807) is 18.2 Å². The average Bonchev–Trinajstić information content (AvgIpc) is 2.82. The van der Waals surface area contributed by atoms with Gasteiger partial charge in [0, 0.05) is 6.42 Å². The predicted octanol–water partition coefficient (Wildman–Crippen LogP) is 5.25. The second kappa shape index (κ2) is 10.00. The average molecular weight is 470 g/mol. The minimum atomic E-state index is -3.81. The van der Waals surface area contributed by atoms with Crippen LogP contribution in [0.3, 0.4) is 0 Å². The highest BCUT2D eigenvalue weighted by Crippen LogP contribution is 2.39. The van der Waals surface area contributed by atoms with Crippen LogP contribution in [-0.2, 0) is 19.6 Å². The summed E-state index contributed by atoms with van der Waals surface area (Å²) in [6.07, 6.45) is 8.13. The molecule has 0 radical (unpaired) electrons. The van der Waals surface area contributed by atoms with Crippen LogP contribution in [0.5, 0.6) is 5.75 Å². The fourth-order valence-corrected chi connectivity index (χ4v) is 6.07. The third-order valence-corrected chi connectivity index (χ3v) is 8.03. The first-order valence-electron chi connectivity index (χ1n) is 11.5. The maximum absolute atomic E-state index is 13.7. The van der Waals surface area contributed by atoms with Crippen LogP contribution in [0.2, 0.25) is 0 Å². The number of methoxy groups -OCH3 is 1. The molecule has 1 atom stereocenters. The SMILES string of the molecule is COC(=O)CC[C@H]1CN(S(=O)(=O)c2cccc(C)c2)c2cc(C=C3CCCCC3)ccc2O1. The minimum absolute atomic E-state index is 0.139. The van der Waals surface area contributed by atoms with Gasteiger partial charge in [-0.25, -0.2) is 8.42 Å². The van der Waals surface area contributed by atoms with Gasteiger partial charge in [-0.15, -0.1) is 0 Å². The van der Waals surface area contributed by atoms with Crippen LogP contribution in [-0.4, -0.2) is 34.1 Å². The van der Waals surface area contributed by atoms with Gasteiger partial charge in [-0.3, -0.25) is 9.10 Å². The van der Waals surface area contributed by atoms with Crippen molar-refractivity contribution in [3.8, 4) is 5.75 Å². The van der Waals surface area contributed by atoms with Crippen molar-refractivity contribution in [2.45, 2.75) is 62.9 Å². The molecule has 176 valence electrons. The summed E-state index contributed by atoms with van der Waals surface area (Å²) in [6, 6.07) is 12.6. The zero-order valence-electron chi connectivity index (χ0n) is 19.2. The molecule has 1 fully saturated rings. The van der Waals surface area contributed by atoms with Gasteiger partial charge in [-0.1, -0.05) is 36.3 Å². The Hall–Kier alpha value is -2.80. The van der Waals surface area contributed by atoms with Crippen molar-refractivity contribution in [1.82, 2.24) is 0 Å². The molecule has 1 aliphatic carbocycles. The van der Waals surface area contributed by atoms with Gasteiger partial charge >= 0.3 is 5.97 Å². The third-order valence-electron chi connectivity index (χ3n) is 6.26. The highest BCUT2D eigenvalue weighted by atomic mass is 32.2. The lowest BCUT2D eigenvalue weighted by Crippen LogP contribution is -2.43. The smallest absolute Gasteiger partial charge is 0.305 e. The standard InChI is InChI=1S/C26H31NO5S/c1-19-7-6-10-23(15-19)33(29,30)27-18-22(12-14-26(28)31-2)32-25-13-11-21(17-24(25)27)16-20-8-4-3-5-9-20/h6-7,10-11,13,15-17,22H,3-5,8-9,12,14,18H2,1-2H3/t22-/m0/s1. The number of allylic oxidation sites excluding steroid dienone is 1. The van der Waals surface area contributed by atoms with Crippen LogP contribution in [0.4, 0.5) is 5.69 Å². The van der Waals surface area contributed by atoms with E-state index < -0.39 is 16.1 Å². The molecular weight excluding hydrogens is 438 g/mol. The van der Waals surface area contributed by atoms with Crippen molar-refractivity contribution in [2.24, 2.45) is 0 Å². The van der Waals surface area contributed by atoms with Gasteiger partial charge in [0.1, 0.15) is 11.9 Å². The monoisotopic (exact) mass is 469 g/mol. The summed E-state index contributed by atoms with van der Waals surface area (Å²) in [6.45, 7) is 2.01. The number of benzene rings is 2. The number of ether oxygens (including phenoxy) is 2. The molecule has 1 aliphatic heterocycles. The van der Waals surface area contributed by atoms with E-state index in [9.17, 15) is 13.2 Å². The molecule has 0 saturated heterocycles. The Bertz CT molecular complexity index is 1150. The molecule has 0 aromatic heterocycles. The van der Waals surface area contributed by atoms with Crippen molar-refractivity contribution < 1.29 is 22.7 Å². The third kappa shape index (κ3) is 5.41. The van der Waals surface area contributed by atoms with Crippen molar-refractivity contribution in [2.75, 3.05) is 18.0 Å². The van der Waals surface area contributed by atoms with Crippen LogP contribution in [0, 0.1) is 6.92 Å². The zero-order chi connectivity index (χ0) is 23.4. The first-order chi connectivity index (χ1) is 15.9. The first kappa shape index (κ1) is 23.4. The molecule has 4 rings (SSSR count). The van der Waals surface area contributed by atoms with Crippen LogP contribution in [0.25, 0.3) is 6.08 Å². The Kier molecular flexibility index (Phi) is 7.08. The topological polar surface area (TPSA) is 72.9 Å². The highest BCUT2D eigenvalue weighted by molar-refractivity contribution is 7.92. The number of sulfonamides is 1. The van der Waals surface area contributed by atoms with Crippen LogP contribution >= 0.6 is 0 Å². The van der Waals surface area contributed by atoms with Gasteiger partial charge in [0.05, 0.1) is 24.2 Å². The Morgan fingerprint density at radius 1 is 1.15 bits per heavy atom. The number of hydrogen-bond acceptors (Lipinski definition) is 5. The number of nitrogens with zero attached hydrogens (tertiary/aromatic N) is 1. The van der Waals surface area contributed by atoms with Gasteiger partial charge in [0.25, 0.3) is 10.0 Å². The summed E-state index contributed by atoms with van der Waals surface area (Å²) in [5, 5.41) is 0. The normalized spacial score (nSPS) is 18.3. The molecule has 2 aromatic carbocycles. The van der Waals surface area contributed by atoms with E-state index in [-0.39, 0.29) is 23.8 Å². The highest BCUT2D eigenvalue weighted by Gasteiger charge is 2.35. The van der Waals surface area contributed by atoms with E-state index in [1.807, 2.05) is 31.2 Å². The Morgan fingerprint density at radius 3 is 2.67 bits per heavy atom. The predicted molar refractivity (Wildman–Crippen MR) is 129 cm³/mol. The molecule has 33 heavy (non-hydrogen) atoms. The lowest BCUT2D eigenvalue weighted by Gasteiger charge is -2.35. The number of fused-ring (bicyclic) bond motifs is 1. The zero-order valence-corrected chi connectivity index (χ0v) is 20.1. The van der Waals surface area contributed by atoms with E-state index in [0.717, 1.165) is 24.0 Å². The number of esters is 1. The van der Waals surface area contributed by atoms with E-state index in [1.165, 1.54) is 36.3 Å². The van der Waals surface area contributed by atoms with Crippen molar-refractivity contribution in [3.05, 3.63) is 59.2 Å². The van der Waals surface area contributed by atoms with Crippen LogP contribution < -0.4 is 9.04 Å². The van der Waals surface area contributed by atoms with E-state index in [0.29, 0.717) is 17.9 Å². The maximum atomic E-state index is 13.7. The molecular formula is C26H31NO5S. The number of carbonyl (C=O) groups is 1. The molecule has 0 bridgehead atoms. The maximum Gasteiger partial charge on any atom is 0.305 e. The number of hydrogen-bond donors (Lipinski definition) is 0. The van der Waals surface area contributed by atoms with Gasteiger partial charge in [0.2, 0.25) is 0 Å². The largest absolute Gasteiger partial charge is 0.486 e. The molecule has 0 spiro atoms. The second-order valence-corrected chi connectivity index (χ2v) is 10.7. The van der Waals surface area contributed by atoms with Crippen molar-refractivity contribution in [1.29, 1.82) is 0 Å². The fourth-order valence-electron chi connectivity index (χ4n) is 4.47. The van der Waals surface area contributed by atoms with Gasteiger partial charge in [-0.2, -0.15) is 0 Å². The lowest BCUT2D eigenvalue weighted by atomic mass is 9.93. The molecule has 0 N–H and O–H groups in total. The number of rotatable bonds is 6. The van der Waals surface area contributed by atoms with E-state index >= 15 is 0 Å². The van der Waals surface area contributed by atoms with Crippen LogP contribution in [0.15, 0.2) is 52.9 Å². The molecule has 7 heteroatoms. The van der Waals surface area contributed by atoms with Crippen molar-refractivity contribution >= 4 is 27.8 Å². The number of aryl methyl sites for hydroxylation is 1. The Balaban J connectivity index is 1.71. The molecule has 2 aliphatic rings. The number of carbonyl (C=O) groups excluding carboxylic acids is 1. The first-order valence-corrected chi connectivity index (χ1v) is 13.0. The van der Waals surface area contributed by atoms with E-state index in [2.05, 4.69) is 6.08 Å². The van der Waals surface area contributed by atoms with Gasteiger partial charge in [-0.05, 0) is 74.4 Å². The summed E-state index contributed by atoms with van der Waals surface area (Å²) in [7, 11) is -2.46. The molecule has 2 aromatic rings. The molecule has 1 heterocycles. The molecule has 6 nitrogen and oxygen atoms in total. The molecule has 0 amide bonds. The van der Waals surface area contributed by atoms with Gasteiger partial charge in [0.15, 0.2) is 0 Å². The van der Waals surface area contributed by atoms with E-state index in [4.69, 9.17) is 9.47 Å². The minimum Gasteiger partial charge on any atom is -0.486 e. The second-order valence-electron chi connectivity index (χ2n) is 8.80. The quantitative estimate of drug-likeness (QED) is 0.540. The summed E-state index contributed by atoms with van der Waals surface area (Å²) in [4.78, 5) is 11.9. The van der Waals surface area contributed by atoms with Crippen LogP contribution in [0.1, 0.15) is 56.1 Å². The molecule has 1 saturated carbocycles. The lowest BCUT2D eigenvalue weighted by molar-refractivity contribution is -0.141. The summed E-state index contributed by atoms with van der Waals surface area (Å²) in [5.74, 6) is 0.171. The van der Waals surface area contributed by atoms with Crippen molar-refractivity contribution in [3.63, 3.8) is 0 Å². The molecule has 0 unspecified atom stereocenters. The number of anilines is 1. The Labute approximate surface area is 196 Å². The fraction of sp³-hybridized carbons (Fsp3) is 0.423.